The molecule has 4 atom stereocenters. The topological polar surface area (TPSA) is 125 Å². The summed E-state index contributed by atoms with van der Waals surface area (Å²) in [7, 11) is 1.61. The maximum atomic E-state index is 13.8. The van der Waals surface area contributed by atoms with Gasteiger partial charge in [-0.3, -0.25) is 4.90 Å². The number of likely N-dealkylation sites (N-methyl/N-ethyl adjacent to an activating group) is 1. The van der Waals surface area contributed by atoms with Crippen molar-refractivity contribution in [2.75, 3.05) is 20.1 Å². The molecule has 10 nitrogen and oxygen atoms in total. The number of nitrogens with zero attached hydrogens (tertiary/aromatic N) is 6. The molecular weight excluding hydrogens is 474 g/mol. The van der Waals surface area contributed by atoms with E-state index in [0.29, 0.717) is 19.4 Å². The third-order valence-electron chi connectivity index (χ3n) is 6.09. The highest BCUT2D eigenvalue weighted by atomic mass is 19.3. The maximum Gasteiger partial charge on any atom is 0.410 e. The highest BCUT2D eigenvalue weighted by Crippen LogP contribution is 2.34. The number of likely N-dealkylation sites (tertiary alicyclic amines) is 2. The summed E-state index contributed by atoms with van der Waals surface area (Å²) in [6.07, 6.45) is -0.877. The number of piperidine rings is 1. The summed E-state index contributed by atoms with van der Waals surface area (Å²) >= 11 is 0. The Morgan fingerprint density at radius 1 is 1.31 bits per heavy atom. The lowest BCUT2D eigenvalue weighted by Crippen LogP contribution is -2.50. The molecule has 12 heteroatoms. The summed E-state index contributed by atoms with van der Waals surface area (Å²) < 4.78 is 44.9. The predicted molar refractivity (Wildman–Crippen MR) is 123 cm³/mol. The quantitative estimate of drug-likeness (QED) is 0.570. The third kappa shape index (κ3) is 7.14. The Hall–Kier alpha value is -3.25. The van der Waals surface area contributed by atoms with Crippen LogP contribution in [0.2, 0.25) is 0 Å². The lowest BCUT2D eigenvalue weighted by Gasteiger charge is -2.38. The van der Waals surface area contributed by atoms with E-state index >= 15 is 0 Å². The van der Waals surface area contributed by atoms with Crippen molar-refractivity contribution >= 4 is 6.09 Å². The van der Waals surface area contributed by atoms with Gasteiger partial charge in [0.2, 0.25) is 17.6 Å². The standard InChI is InChI=1S/C24H32F2N6O4/c1-15(18-12-24(25,26)14-31(18)5)34-20-11-21(30-19(13-28)29-20)35-17-7-9-32(16(10-17)6-8-27)22(33)36-23(2,3)4/h11,15-18H,6-7,9-10,12,14H2,1-5H3/t15-,16+,17-,18-/m0/s1. The van der Waals surface area contributed by atoms with Crippen LogP contribution in [-0.2, 0) is 4.74 Å². The molecule has 0 bridgehead atoms. The van der Waals surface area contributed by atoms with Crippen LogP contribution in [0.3, 0.4) is 0 Å². The van der Waals surface area contributed by atoms with E-state index in [4.69, 9.17) is 14.2 Å². The van der Waals surface area contributed by atoms with E-state index < -0.39 is 35.8 Å². The summed E-state index contributed by atoms with van der Waals surface area (Å²) in [5.74, 6) is -2.82. The summed E-state index contributed by atoms with van der Waals surface area (Å²) in [6, 6.07) is 4.46. The monoisotopic (exact) mass is 506 g/mol. The molecule has 2 aliphatic rings. The van der Waals surface area contributed by atoms with Gasteiger partial charge < -0.3 is 19.1 Å². The van der Waals surface area contributed by atoms with Crippen LogP contribution < -0.4 is 9.47 Å². The lowest BCUT2D eigenvalue weighted by molar-refractivity contribution is -0.00392. The van der Waals surface area contributed by atoms with Crippen LogP contribution in [0.15, 0.2) is 6.07 Å². The Morgan fingerprint density at radius 2 is 2.00 bits per heavy atom. The van der Waals surface area contributed by atoms with E-state index in [9.17, 15) is 24.1 Å². The average molecular weight is 507 g/mol. The Balaban J connectivity index is 1.69. The van der Waals surface area contributed by atoms with E-state index in [0.717, 1.165) is 0 Å². The number of ether oxygens (including phenoxy) is 3. The number of alkyl halides is 2. The van der Waals surface area contributed by atoms with E-state index in [1.807, 2.05) is 6.07 Å². The van der Waals surface area contributed by atoms with E-state index in [-0.39, 0.29) is 43.1 Å². The van der Waals surface area contributed by atoms with Crippen LogP contribution in [0.5, 0.6) is 11.8 Å². The van der Waals surface area contributed by atoms with Crippen molar-refractivity contribution in [1.82, 2.24) is 19.8 Å². The number of hydrogen-bond acceptors (Lipinski definition) is 9. The minimum absolute atomic E-state index is 0.0485. The average Bonchev–Trinajstić information content (AvgIpc) is 3.05. The van der Waals surface area contributed by atoms with Crippen LogP contribution >= 0.6 is 0 Å². The van der Waals surface area contributed by atoms with Crippen LogP contribution in [-0.4, -0.2) is 81.8 Å². The maximum absolute atomic E-state index is 13.8. The molecule has 2 aliphatic heterocycles. The van der Waals surface area contributed by atoms with E-state index in [1.165, 1.54) is 6.07 Å². The molecule has 3 heterocycles. The minimum atomic E-state index is -2.79. The SMILES string of the molecule is C[C@H](Oc1cc(O[C@H]2CCN(C(=O)OC(C)(C)C)[C@H](CC#N)C2)nc(C#N)n1)[C@@H]1CC(F)(F)CN1C. The number of amides is 1. The van der Waals surface area contributed by atoms with E-state index in [1.54, 1.807) is 44.5 Å². The molecule has 2 saturated heterocycles. The van der Waals surface area contributed by atoms with Crippen molar-refractivity contribution in [2.24, 2.45) is 0 Å². The zero-order chi connectivity index (χ0) is 26.7. The van der Waals surface area contributed by atoms with Gasteiger partial charge >= 0.3 is 6.09 Å². The van der Waals surface area contributed by atoms with Gasteiger partial charge in [-0.25, -0.2) is 13.6 Å². The fourth-order valence-corrected chi connectivity index (χ4v) is 4.53. The number of hydrogen-bond donors (Lipinski definition) is 0. The van der Waals surface area contributed by atoms with Gasteiger partial charge in [0.05, 0.1) is 37.2 Å². The molecule has 1 aromatic rings. The summed E-state index contributed by atoms with van der Waals surface area (Å²) in [6.45, 7) is 6.98. The normalized spacial score (nSPS) is 24.9. The molecule has 3 rings (SSSR count). The summed E-state index contributed by atoms with van der Waals surface area (Å²) in [5.41, 5.74) is -0.660. The molecule has 0 N–H and O–H groups in total. The minimum Gasteiger partial charge on any atom is -0.474 e. The molecule has 1 aromatic heterocycles. The van der Waals surface area contributed by atoms with Crippen molar-refractivity contribution in [2.45, 2.75) is 89.2 Å². The van der Waals surface area contributed by atoms with Gasteiger partial charge in [0, 0.05) is 25.8 Å². The van der Waals surface area contributed by atoms with Crippen LogP contribution in [0.1, 0.15) is 59.2 Å². The van der Waals surface area contributed by atoms with Crippen molar-refractivity contribution in [3.63, 3.8) is 0 Å². The molecular formula is C24H32F2N6O4. The lowest BCUT2D eigenvalue weighted by atomic mass is 9.97. The second kappa shape index (κ2) is 10.8. The molecule has 2 fully saturated rings. The largest absolute Gasteiger partial charge is 0.474 e. The summed E-state index contributed by atoms with van der Waals surface area (Å²) in [4.78, 5) is 23.8. The van der Waals surface area contributed by atoms with Gasteiger partial charge in [-0.1, -0.05) is 0 Å². The number of aromatic nitrogens is 2. The van der Waals surface area contributed by atoms with Crippen molar-refractivity contribution in [1.29, 1.82) is 10.5 Å². The number of rotatable bonds is 6. The predicted octanol–water partition coefficient (Wildman–Crippen LogP) is 3.52. The molecule has 0 radical (unpaired) electrons. The Kier molecular flexibility index (Phi) is 8.19. The molecule has 1 amide bonds. The van der Waals surface area contributed by atoms with Crippen molar-refractivity contribution < 1.29 is 27.8 Å². The fraction of sp³-hybridized carbons (Fsp3) is 0.708. The molecule has 0 unspecified atom stereocenters. The highest BCUT2D eigenvalue weighted by Gasteiger charge is 2.46. The van der Waals surface area contributed by atoms with Gasteiger partial charge in [-0.05, 0) is 34.7 Å². The smallest absolute Gasteiger partial charge is 0.410 e. The number of nitriles is 2. The van der Waals surface area contributed by atoms with Crippen molar-refractivity contribution in [3.8, 4) is 23.9 Å². The second-order valence-electron chi connectivity index (χ2n) is 10.3. The van der Waals surface area contributed by atoms with Crippen molar-refractivity contribution in [3.05, 3.63) is 11.9 Å². The first-order chi connectivity index (χ1) is 16.8. The first kappa shape index (κ1) is 27.3. The molecule has 0 saturated carbocycles. The number of carbonyl (C=O) groups is 1. The zero-order valence-electron chi connectivity index (χ0n) is 21.2. The highest BCUT2D eigenvalue weighted by molar-refractivity contribution is 5.68. The number of halogens is 2. The molecule has 36 heavy (non-hydrogen) atoms. The third-order valence-corrected chi connectivity index (χ3v) is 6.09. The molecule has 196 valence electrons. The van der Waals surface area contributed by atoms with Gasteiger partial charge in [0.25, 0.3) is 5.92 Å². The van der Waals surface area contributed by atoms with Gasteiger partial charge in [-0.15, -0.1) is 0 Å². The Morgan fingerprint density at radius 3 is 2.58 bits per heavy atom. The van der Waals surface area contributed by atoms with E-state index in [2.05, 4.69) is 16.0 Å². The Bertz CT molecular complexity index is 1030. The zero-order valence-corrected chi connectivity index (χ0v) is 21.2. The van der Waals surface area contributed by atoms with Crippen LogP contribution in [0, 0.1) is 22.7 Å². The Labute approximate surface area is 209 Å². The van der Waals surface area contributed by atoms with Gasteiger partial charge in [0.15, 0.2) is 0 Å². The van der Waals surface area contributed by atoms with Gasteiger partial charge in [-0.2, -0.15) is 20.5 Å². The second-order valence-corrected chi connectivity index (χ2v) is 10.3. The van der Waals surface area contributed by atoms with Crippen LogP contribution in [0.4, 0.5) is 13.6 Å². The summed E-state index contributed by atoms with van der Waals surface area (Å²) in [5, 5.41) is 18.6. The first-order valence-electron chi connectivity index (χ1n) is 11.9. The number of carbonyl (C=O) groups excluding carboxylic acids is 1. The van der Waals surface area contributed by atoms with Crippen LogP contribution in [0.25, 0.3) is 0 Å². The fourth-order valence-electron chi connectivity index (χ4n) is 4.53. The molecule has 0 spiro atoms. The molecule has 0 aromatic carbocycles. The molecule has 0 aliphatic carbocycles. The first-order valence-corrected chi connectivity index (χ1v) is 11.9. The van der Waals surface area contributed by atoms with Gasteiger partial charge in [0.1, 0.15) is 23.9 Å².